The van der Waals surface area contributed by atoms with Crippen molar-refractivity contribution in [2.45, 2.75) is 31.5 Å². The van der Waals surface area contributed by atoms with Crippen LogP contribution in [0.4, 0.5) is 14.5 Å². The Kier molecular flexibility index (Phi) is 5.75. The summed E-state index contributed by atoms with van der Waals surface area (Å²) in [5.74, 6) is -0.962. The maximum Gasteiger partial charge on any atom is 0.272 e. The van der Waals surface area contributed by atoms with E-state index in [1.54, 1.807) is 42.3 Å². The molecule has 2 atom stereocenters. The number of carbonyl (C=O) groups excluding carboxylic acids is 1. The number of halogens is 2. The van der Waals surface area contributed by atoms with E-state index in [2.05, 4.69) is 10.4 Å². The summed E-state index contributed by atoms with van der Waals surface area (Å²) in [4.78, 5) is 16.4. The zero-order valence-electron chi connectivity index (χ0n) is 19.1. The standard InChI is InChI=1S/C25H24F2N6O2/c1-31-14-25(27,17-5-3-2-4-6-17)15-33-22(23(31)34)19-13-32(10-9-21(19)30-33)24(35)29-18-7-8-20(26)16(11-18)12-28/h2-8,11,24,29,35H,9-10,13-15H2,1H3. The predicted octanol–water partition coefficient (Wildman–Crippen LogP) is 2.59. The lowest BCUT2D eigenvalue weighted by atomic mass is 9.95. The average Bonchev–Trinajstić information content (AvgIpc) is 3.17. The third kappa shape index (κ3) is 4.13. The monoisotopic (exact) mass is 478 g/mol. The lowest BCUT2D eigenvalue weighted by Crippen LogP contribution is -2.44. The number of hydrogen-bond acceptors (Lipinski definition) is 6. The van der Waals surface area contributed by atoms with E-state index in [0.29, 0.717) is 41.2 Å². The highest BCUT2D eigenvalue weighted by Crippen LogP contribution is 2.35. The highest BCUT2D eigenvalue weighted by Gasteiger charge is 2.42. The van der Waals surface area contributed by atoms with Gasteiger partial charge in [-0.25, -0.2) is 8.78 Å². The molecule has 3 aromatic rings. The Bertz CT molecular complexity index is 1320. The van der Waals surface area contributed by atoms with Gasteiger partial charge >= 0.3 is 0 Å². The van der Waals surface area contributed by atoms with Gasteiger partial charge in [0.25, 0.3) is 5.91 Å². The average molecular weight is 479 g/mol. The molecule has 0 radical (unpaired) electrons. The number of rotatable bonds is 4. The SMILES string of the molecule is CN1CC(F)(c2ccccc2)Cn2nc3c(c2C1=O)CN(C(O)Nc1ccc(F)c(C#N)c1)CC3. The molecule has 5 rings (SSSR count). The first-order valence-corrected chi connectivity index (χ1v) is 11.3. The smallest absolute Gasteiger partial charge is 0.272 e. The van der Waals surface area contributed by atoms with Crippen molar-refractivity contribution in [2.24, 2.45) is 0 Å². The molecule has 0 saturated heterocycles. The molecule has 0 fully saturated rings. The first-order valence-electron chi connectivity index (χ1n) is 11.3. The summed E-state index contributed by atoms with van der Waals surface area (Å²) in [6.07, 6.45) is -0.693. The number of amides is 1. The van der Waals surface area contributed by atoms with Gasteiger partial charge in [-0.3, -0.25) is 14.4 Å². The molecule has 0 spiro atoms. The topological polar surface area (TPSA) is 97.4 Å². The van der Waals surface area contributed by atoms with Crippen LogP contribution in [-0.4, -0.2) is 57.1 Å². The molecule has 3 heterocycles. The van der Waals surface area contributed by atoms with Gasteiger partial charge in [-0.1, -0.05) is 30.3 Å². The molecule has 2 N–H and O–H groups in total. The van der Waals surface area contributed by atoms with Gasteiger partial charge in [0, 0.05) is 37.8 Å². The van der Waals surface area contributed by atoms with Gasteiger partial charge in [-0.05, 0) is 23.8 Å². The van der Waals surface area contributed by atoms with Crippen LogP contribution in [0.25, 0.3) is 0 Å². The van der Waals surface area contributed by atoms with Crippen LogP contribution in [0.2, 0.25) is 0 Å². The summed E-state index contributed by atoms with van der Waals surface area (Å²) < 4.78 is 31.3. The van der Waals surface area contributed by atoms with Crippen LogP contribution in [0.1, 0.15) is 32.9 Å². The number of nitrogens with zero attached hydrogens (tertiary/aromatic N) is 5. The van der Waals surface area contributed by atoms with Crippen LogP contribution in [0.15, 0.2) is 48.5 Å². The summed E-state index contributed by atoms with van der Waals surface area (Å²) in [5, 5.41) is 27.3. The number of nitriles is 1. The van der Waals surface area contributed by atoms with Crippen molar-refractivity contribution in [3.05, 3.63) is 82.4 Å². The van der Waals surface area contributed by atoms with Crippen molar-refractivity contribution < 1.29 is 18.7 Å². The lowest BCUT2D eigenvalue weighted by Gasteiger charge is -2.32. The molecule has 35 heavy (non-hydrogen) atoms. The summed E-state index contributed by atoms with van der Waals surface area (Å²) >= 11 is 0. The highest BCUT2D eigenvalue weighted by molar-refractivity contribution is 5.94. The van der Waals surface area contributed by atoms with Crippen LogP contribution in [0.3, 0.4) is 0 Å². The number of carbonyl (C=O) groups is 1. The predicted molar refractivity (Wildman–Crippen MR) is 123 cm³/mol. The van der Waals surface area contributed by atoms with Gasteiger partial charge in [0.1, 0.15) is 17.6 Å². The van der Waals surface area contributed by atoms with Crippen molar-refractivity contribution in [1.29, 1.82) is 5.26 Å². The summed E-state index contributed by atoms with van der Waals surface area (Å²) in [6.45, 7) is 0.457. The molecule has 10 heteroatoms. The lowest BCUT2D eigenvalue weighted by molar-refractivity contribution is 0.0158. The van der Waals surface area contributed by atoms with E-state index in [-0.39, 0.29) is 31.1 Å². The van der Waals surface area contributed by atoms with E-state index in [9.17, 15) is 14.3 Å². The Labute approximate surface area is 201 Å². The van der Waals surface area contributed by atoms with Crippen molar-refractivity contribution in [3.63, 3.8) is 0 Å². The van der Waals surface area contributed by atoms with E-state index in [4.69, 9.17) is 5.26 Å². The fraction of sp³-hybridized carbons (Fsp3) is 0.320. The van der Waals surface area contributed by atoms with Gasteiger partial charge in [-0.15, -0.1) is 0 Å². The number of aliphatic hydroxyl groups is 1. The second-order valence-corrected chi connectivity index (χ2v) is 8.97. The normalized spacial score (nSPS) is 21.0. The maximum absolute atomic E-state index is 16.2. The second-order valence-electron chi connectivity index (χ2n) is 8.97. The molecular weight excluding hydrogens is 454 g/mol. The zero-order valence-corrected chi connectivity index (χ0v) is 19.1. The first kappa shape index (κ1) is 23.0. The molecule has 1 aromatic heterocycles. The zero-order chi connectivity index (χ0) is 24.7. The third-order valence-corrected chi connectivity index (χ3v) is 6.59. The Balaban J connectivity index is 1.42. The minimum Gasteiger partial charge on any atom is -0.361 e. The highest BCUT2D eigenvalue weighted by atomic mass is 19.1. The van der Waals surface area contributed by atoms with E-state index in [1.807, 2.05) is 6.07 Å². The second kappa shape index (κ2) is 8.76. The van der Waals surface area contributed by atoms with Gasteiger partial charge < -0.3 is 15.3 Å². The van der Waals surface area contributed by atoms with E-state index >= 15 is 4.39 Å². The number of fused-ring (bicyclic) bond motifs is 3. The molecule has 2 unspecified atom stereocenters. The van der Waals surface area contributed by atoms with Crippen LogP contribution < -0.4 is 5.32 Å². The van der Waals surface area contributed by atoms with E-state index in [0.717, 1.165) is 6.07 Å². The Morgan fingerprint density at radius 2 is 2.00 bits per heavy atom. The van der Waals surface area contributed by atoms with Crippen molar-refractivity contribution in [3.8, 4) is 6.07 Å². The first-order chi connectivity index (χ1) is 16.8. The van der Waals surface area contributed by atoms with E-state index < -0.39 is 17.8 Å². The van der Waals surface area contributed by atoms with E-state index in [1.165, 1.54) is 21.7 Å². The minimum atomic E-state index is -1.80. The molecule has 2 aliphatic heterocycles. The van der Waals surface area contributed by atoms with Crippen LogP contribution in [0.5, 0.6) is 0 Å². The number of hydrogen-bond donors (Lipinski definition) is 2. The van der Waals surface area contributed by atoms with Gasteiger partial charge in [-0.2, -0.15) is 10.4 Å². The molecule has 0 aliphatic carbocycles. The minimum absolute atomic E-state index is 0.0945. The fourth-order valence-corrected chi connectivity index (χ4v) is 4.79. The molecule has 0 saturated carbocycles. The van der Waals surface area contributed by atoms with Gasteiger partial charge in [0.15, 0.2) is 12.0 Å². The molecule has 0 bridgehead atoms. The van der Waals surface area contributed by atoms with Crippen LogP contribution in [-0.2, 0) is 25.2 Å². The molecule has 8 nitrogen and oxygen atoms in total. The number of benzene rings is 2. The van der Waals surface area contributed by atoms with Gasteiger partial charge in [0.2, 0.25) is 0 Å². The largest absolute Gasteiger partial charge is 0.361 e. The number of aliphatic hydroxyl groups excluding tert-OH is 1. The number of nitrogens with one attached hydrogen (secondary N) is 1. The number of aromatic nitrogens is 2. The fourth-order valence-electron chi connectivity index (χ4n) is 4.79. The van der Waals surface area contributed by atoms with Crippen molar-refractivity contribution in [2.75, 3.05) is 25.5 Å². The molecular formula is C25H24F2N6O2. The molecule has 180 valence electrons. The summed E-state index contributed by atoms with van der Waals surface area (Å²) in [7, 11) is 1.58. The maximum atomic E-state index is 16.2. The van der Waals surface area contributed by atoms with Crippen molar-refractivity contribution >= 4 is 11.6 Å². The number of likely N-dealkylation sites (N-methyl/N-ethyl adjacent to an activating group) is 1. The summed E-state index contributed by atoms with van der Waals surface area (Å²) in [6, 6.07) is 14.5. The third-order valence-electron chi connectivity index (χ3n) is 6.59. The quantitative estimate of drug-likeness (QED) is 0.560. The van der Waals surface area contributed by atoms with Crippen LogP contribution in [0, 0.1) is 17.1 Å². The Morgan fingerprint density at radius 1 is 1.23 bits per heavy atom. The summed E-state index contributed by atoms with van der Waals surface area (Å²) in [5.41, 5.74) is 0.622. The Hall–Kier alpha value is -3.81. The van der Waals surface area contributed by atoms with Crippen LogP contribution >= 0.6 is 0 Å². The molecule has 2 aliphatic rings. The molecule has 2 aromatic carbocycles. The number of anilines is 1. The van der Waals surface area contributed by atoms with Crippen molar-refractivity contribution in [1.82, 2.24) is 19.6 Å². The molecule has 1 amide bonds. The number of alkyl halides is 1. The Morgan fingerprint density at radius 3 is 2.74 bits per heavy atom. The van der Waals surface area contributed by atoms with Gasteiger partial charge in [0.05, 0.1) is 24.3 Å².